The molecule has 2 amide bonds. The van der Waals surface area contributed by atoms with Crippen LogP contribution in [0.1, 0.15) is 32.6 Å². The largest absolute Gasteiger partial charge is 0.492 e. The van der Waals surface area contributed by atoms with E-state index in [0.29, 0.717) is 45.1 Å². The first-order chi connectivity index (χ1) is 13.6. The molecule has 0 radical (unpaired) electrons. The first kappa shape index (κ1) is 20.6. The van der Waals surface area contributed by atoms with Gasteiger partial charge in [-0.1, -0.05) is 12.1 Å². The molecule has 2 heterocycles. The number of amides is 2. The lowest BCUT2D eigenvalue weighted by Gasteiger charge is -2.33. The molecule has 28 heavy (non-hydrogen) atoms. The number of benzene rings is 1. The predicted molar refractivity (Wildman–Crippen MR) is 107 cm³/mol. The van der Waals surface area contributed by atoms with Crippen molar-refractivity contribution in [2.75, 3.05) is 44.3 Å². The Labute approximate surface area is 166 Å². The molecule has 0 aromatic heterocycles. The van der Waals surface area contributed by atoms with Crippen molar-refractivity contribution in [3.63, 3.8) is 0 Å². The van der Waals surface area contributed by atoms with Crippen molar-refractivity contribution in [1.29, 1.82) is 0 Å². The topological polar surface area (TPSA) is 85.1 Å². The number of ether oxygens (including phenoxy) is 2. The number of carbonyl (C=O) groups excluding carboxylic acids is 2. The van der Waals surface area contributed by atoms with Gasteiger partial charge in [-0.15, -0.1) is 0 Å². The zero-order chi connectivity index (χ0) is 19.9. The van der Waals surface area contributed by atoms with Crippen LogP contribution in [0.4, 0.5) is 5.69 Å². The van der Waals surface area contributed by atoms with Crippen molar-refractivity contribution in [3.05, 3.63) is 24.3 Å². The Kier molecular flexibility index (Phi) is 7.28. The van der Waals surface area contributed by atoms with Crippen LogP contribution in [0.3, 0.4) is 0 Å². The van der Waals surface area contributed by atoms with Gasteiger partial charge < -0.3 is 25.0 Å². The van der Waals surface area contributed by atoms with E-state index >= 15 is 0 Å². The van der Waals surface area contributed by atoms with E-state index in [1.807, 2.05) is 36.1 Å². The second-order valence-electron chi connectivity index (χ2n) is 7.34. The molecular formula is C21H31N3O4. The first-order valence-corrected chi connectivity index (χ1v) is 10.3. The van der Waals surface area contributed by atoms with Gasteiger partial charge in [0.1, 0.15) is 5.75 Å². The van der Waals surface area contributed by atoms with Gasteiger partial charge in [0.2, 0.25) is 11.8 Å². The second kappa shape index (κ2) is 9.89. The Bertz CT molecular complexity index is 673. The Balaban J connectivity index is 1.56. The highest BCUT2D eigenvalue weighted by atomic mass is 16.5. The van der Waals surface area contributed by atoms with Crippen molar-refractivity contribution in [3.8, 4) is 5.75 Å². The maximum Gasteiger partial charge on any atom is 0.228 e. The summed E-state index contributed by atoms with van der Waals surface area (Å²) in [5.41, 5.74) is 6.24. The minimum Gasteiger partial charge on any atom is -0.492 e. The van der Waals surface area contributed by atoms with Crippen LogP contribution in [0.5, 0.6) is 5.75 Å². The molecule has 0 saturated carbocycles. The molecule has 2 N–H and O–H groups in total. The summed E-state index contributed by atoms with van der Waals surface area (Å²) in [6.45, 7) is 5.55. The number of carbonyl (C=O) groups is 2. The third-order valence-corrected chi connectivity index (χ3v) is 5.39. The maximum absolute atomic E-state index is 13.0. The number of hydrogen-bond donors (Lipinski definition) is 1. The Morgan fingerprint density at radius 1 is 1.25 bits per heavy atom. The molecule has 0 bridgehead atoms. The Morgan fingerprint density at radius 3 is 2.71 bits per heavy atom. The van der Waals surface area contributed by atoms with Gasteiger partial charge in [0.05, 0.1) is 24.3 Å². The molecule has 2 saturated heterocycles. The van der Waals surface area contributed by atoms with Crippen molar-refractivity contribution in [2.24, 2.45) is 11.7 Å². The molecule has 1 atom stereocenters. The molecule has 2 aliphatic heterocycles. The van der Waals surface area contributed by atoms with Crippen LogP contribution in [0.25, 0.3) is 0 Å². The highest BCUT2D eigenvalue weighted by molar-refractivity contribution is 6.01. The normalized spacial score (nSPS) is 20.6. The van der Waals surface area contributed by atoms with Gasteiger partial charge in [-0.25, -0.2) is 0 Å². The van der Waals surface area contributed by atoms with E-state index < -0.39 is 0 Å². The zero-order valence-electron chi connectivity index (χ0n) is 16.6. The van der Waals surface area contributed by atoms with E-state index in [4.69, 9.17) is 15.2 Å². The minimum absolute atomic E-state index is 0.0227. The molecule has 0 aliphatic carbocycles. The molecule has 0 spiro atoms. The highest BCUT2D eigenvalue weighted by Gasteiger charge is 2.39. The van der Waals surface area contributed by atoms with Gasteiger partial charge >= 0.3 is 0 Å². The van der Waals surface area contributed by atoms with E-state index in [1.54, 1.807) is 4.90 Å². The summed E-state index contributed by atoms with van der Waals surface area (Å²) in [6.07, 6.45) is 3.01. The third kappa shape index (κ3) is 4.83. The quantitative estimate of drug-likeness (QED) is 0.685. The maximum atomic E-state index is 13.0. The van der Waals surface area contributed by atoms with Crippen LogP contribution in [-0.4, -0.2) is 62.2 Å². The summed E-state index contributed by atoms with van der Waals surface area (Å²) in [5, 5.41) is 0. The standard InChI is InChI=1S/C21H31N3O4/c1-2-27-19-7-4-3-6-18(19)24-15-16(14-20(24)25)21(26)23-11-8-17(9-12-23)28-13-5-10-22/h3-4,6-7,16-17H,2,5,8-15,22H2,1H3. The van der Waals surface area contributed by atoms with Crippen molar-refractivity contribution >= 4 is 17.5 Å². The average molecular weight is 389 g/mol. The van der Waals surface area contributed by atoms with Crippen LogP contribution >= 0.6 is 0 Å². The van der Waals surface area contributed by atoms with Gasteiger partial charge in [-0.05, 0) is 44.9 Å². The lowest BCUT2D eigenvalue weighted by molar-refractivity contribution is -0.138. The molecule has 2 aliphatic rings. The fourth-order valence-corrected chi connectivity index (χ4v) is 3.90. The molecule has 7 nitrogen and oxygen atoms in total. The van der Waals surface area contributed by atoms with E-state index in [1.165, 1.54) is 0 Å². The predicted octanol–water partition coefficient (Wildman–Crippen LogP) is 1.79. The summed E-state index contributed by atoms with van der Waals surface area (Å²) in [5.74, 6) is 0.439. The number of hydrogen-bond acceptors (Lipinski definition) is 5. The van der Waals surface area contributed by atoms with Crippen molar-refractivity contribution < 1.29 is 19.1 Å². The molecule has 7 heteroatoms. The van der Waals surface area contributed by atoms with Crippen LogP contribution in [0.15, 0.2) is 24.3 Å². The van der Waals surface area contributed by atoms with Crippen LogP contribution in [0, 0.1) is 5.92 Å². The van der Waals surface area contributed by atoms with Gasteiger partial charge in [0, 0.05) is 32.7 Å². The molecule has 154 valence electrons. The summed E-state index contributed by atoms with van der Waals surface area (Å²) < 4.78 is 11.5. The van der Waals surface area contributed by atoms with Crippen molar-refractivity contribution in [1.82, 2.24) is 4.90 Å². The molecular weight excluding hydrogens is 358 g/mol. The summed E-state index contributed by atoms with van der Waals surface area (Å²) in [6, 6.07) is 7.50. The van der Waals surface area contributed by atoms with Crippen LogP contribution < -0.4 is 15.4 Å². The average Bonchev–Trinajstić information content (AvgIpc) is 3.10. The smallest absolute Gasteiger partial charge is 0.228 e. The van der Waals surface area contributed by atoms with Gasteiger partial charge in [0.25, 0.3) is 0 Å². The van der Waals surface area contributed by atoms with Gasteiger partial charge in [-0.3, -0.25) is 9.59 Å². The van der Waals surface area contributed by atoms with Gasteiger partial charge in [0.15, 0.2) is 0 Å². The second-order valence-corrected chi connectivity index (χ2v) is 7.34. The van der Waals surface area contributed by atoms with Gasteiger partial charge in [-0.2, -0.15) is 0 Å². The summed E-state index contributed by atoms with van der Waals surface area (Å²) in [7, 11) is 0. The Morgan fingerprint density at radius 2 is 2.00 bits per heavy atom. The molecule has 2 fully saturated rings. The Hall–Kier alpha value is -2.12. The number of nitrogens with zero attached hydrogens (tertiary/aromatic N) is 2. The summed E-state index contributed by atoms with van der Waals surface area (Å²) in [4.78, 5) is 29.1. The molecule has 3 rings (SSSR count). The zero-order valence-corrected chi connectivity index (χ0v) is 16.6. The van der Waals surface area contributed by atoms with Crippen molar-refractivity contribution in [2.45, 2.75) is 38.7 Å². The minimum atomic E-state index is -0.295. The number of likely N-dealkylation sites (tertiary alicyclic amines) is 1. The SMILES string of the molecule is CCOc1ccccc1N1CC(C(=O)N2CCC(OCCCN)CC2)CC1=O. The lowest BCUT2D eigenvalue weighted by Crippen LogP contribution is -2.44. The fraction of sp³-hybridized carbons (Fsp3) is 0.619. The number of piperidine rings is 1. The first-order valence-electron chi connectivity index (χ1n) is 10.3. The summed E-state index contributed by atoms with van der Waals surface area (Å²) >= 11 is 0. The fourth-order valence-electron chi connectivity index (χ4n) is 3.90. The number of para-hydroxylation sites is 2. The number of anilines is 1. The van der Waals surface area contributed by atoms with E-state index in [2.05, 4.69) is 0 Å². The number of rotatable bonds is 8. The van der Waals surface area contributed by atoms with E-state index in [0.717, 1.165) is 24.9 Å². The molecule has 1 unspecified atom stereocenters. The monoisotopic (exact) mass is 389 g/mol. The van der Waals surface area contributed by atoms with Crippen LogP contribution in [-0.2, 0) is 14.3 Å². The number of nitrogens with two attached hydrogens (primary N) is 1. The molecule has 1 aromatic rings. The van der Waals surface area contributed by atoms with E-state index in [9.17, 15) is 9.59 Å². The lowest BCUT2D eigenvalue weighted by atomic mass is 10.0. The molecule has 1 aromatic carbocycles. The third-order valence-electron chi connectivity index (χ3n) is 5.39. The highest BCUT2D eigenvalue weighted by Crippen LogP contribution is 2.33. The van der Waals surface area contributed by atoms with Crippen LogP contribution in [0.2, 0.25) is 0 Å². The van der Waals surface area contributed by atoms with E-state index in [-0.39, 0.29) is 30.3 Å².